The minimum atomic E-state index is 0.00292. The Morgan fingerprint density at radius 3 is 3.00 bits per heavy atom. The van der Waals surface area contributed by atoms with Crippen LogP contribution in [0.3, 0.4) is 0 Å². The predicted molar refractivity (Wildman–Crippen MR) is 54.3 cm³/mol. The van der Waals surface area contributed by atoms with Gasteiger partial charge >= 0.3 is 0 Å². The van der Waals surface area contributed by atoms with E-state index in [9.17, 15) is 4.79 Å². The summed E-state index contributed by atoms with van der Waals surface area (Å²) < 4.78 is 0.808. The van der Waals surface area contributed by atoms with Crippen LogP contribution >= 0.6 is 15.9 Å². The molecule has 66 valence electrons. The van der Waals surface area contributed by atoms with E-state index < -0.39 is 0 Å². The van der Waals surface area contributed by atoms with E-state index in [0.717, 1.165) is 4.47 Å². The second kappa shape index (κ2) is 4.78. The smallest absolute Gasteiger partial charge is 0.176 e. The normalized spacial score (nSPS) is 8.77. The fourth-order valence-corrected chi connectivity index (χ4v) is 1.20. The number of halogens is 1. The highest BCUT2D eigenvalue weighted by atomic mass is 79.9. The molecule has 1 rings (SSSR count). The SMILES string of the molecule is CC#CCC(=O)c1cncc(Br)c1. The minimum Gasteiger partial charge on any atom is -0.293 e. The van der Waals surface area contributed by atoms with Gasteiger partial charge in [-0.2, -0.15) is 0 Å². The molecule has 0 fully saturated rings. The summed E-state index contributed by atoms with van der Waals surface area (Å²) >= 11 is 3.25. The number of hydrogen-bond acceptors (Lipinski definition) is 2. The van der Waals surface area contributed by atoms with E-state index in [1.165, 1.54) is 0 Å². The Morgan fingerprint density at radius 1 is 1.62 bits per heavy atom. The molecule has 0 bridgehead atoms. The number of pyridine rings is 1. The molecule has 0 aliphatic carbocycles. The molecule has 0 aromatic carbocycles. The van der Waals surface area contributed by atoms with Crippen LogP contribution in [0, 0.1) is 11.8 Å². The first-order valence-corrected chi connectivity index (χ1v) is 4.56. The topological polar surface area (TPSA) is 30.0 Å². The van der Waals surface area contributed by atoms with Gasteiger partial charge in [-0.05, 0) is 28.9 Å². The number of aromatic nitrogens is 1. The fraction of sp³-hybridized carbons (Fsp3) is 0.200. The monoisotopic (exact) mass is 237 g/mol. The minimum absolute atomic E-state index is 0.00292. The van der Waals surface area contributed by atoms with E-state index in [1.54, 1.807) is 25.4 Å². The molecule has 0 aliphatic rings. The molecular weight excluding hydrogens is 230 g/mol. The van der Waals surface area contributed by atoms with Crippen molar-refractivity contribution in [3.8, 4) is 11.8 Å². The average Bonchev–Trinajstić information content (AvgIpc) is 2.14. The van der Waals surface area contributed by atoms with Gasteiger partial charge in [0, 0.05) is 22.4 Å². The lowest BCUT2D eigenvalue weighted by atomic mass is 10.1. The van der Waals surface area contributed by atoms with E-state index in [4.69, 9.17) is 0 Å². The number of rotatable bonds is 2. The van der Waals surface area contributed by atoms with Gasteiger partial charge in [-0.25, -0.2) is 0 Å². The zero-order valence-corrected chi connectivity index (χ0v) is 8.76. The van der Waals surface area contributed by atoms with Gasteiger partial charge in [0.2, 0.25) is 0 Å². The molecule has 0 radical (unpaired) electrons. The van der Waals surface area contributed by atoms with Crippen LogP contribution in [0.2, 0.25) is 0 Å². The molecule has 0 N–H and O–H groups in total. The lowest BCUT2D eigenvalue weighted by Crippen LogP contribution is -1.97. The number of hydrogen-bond donors (Lipinski definition) is 0. The van der Waals surface area contributed by atoms with Crippen molar-refractivity contribution < 1.29 is 4.79 Å². The third-order valence-corrected chi connectivity index (χ3v) is 1.89. The predicted octanol–water partition coefficient (Wildman–Crippen LogP) is 2.44. The maximum atomic E-state index is 11.4. The number of Topliss-reactive ketones (excluding diaryl/α,β-unsaturated/α-hetero) is 1. The number of carbonyl (C=O) groups excluding carboxylic acids is 1. The highest BCUT2D eigenvalue weighted by Crippen LogP contribution is 2.10. The van der Waals surface area contributed by atoms with E-state index in [1.807, 2.05) is 0 Å². The number of nitrogens with zero attached hydrogens (tertiary/aromatic N) is 1. The van der Waals surface area contributed by atoms with Crippen molar-refractivity contribution in [3.05, 3.63) is 28.5 Å². The van der Waals surface area contributed by atoms with E-state index >= 15 is 0 Å². The largest absolute Gasteiger partial charge is 0.293 e. The maximum Gasteiger partial charge on any atom is 0.176 e. The van der Waals surface area contributed by atoms with Gasteiger partial charge in [0.15, 0.2) is 5.78 Å². The number of carbonyl (C=O) groups is 1. The van der Waals surface area contributed by atoms with Gasteiger partial charge in [0.05, 0.1) is 6.42 Å². The van der Waals surface area contributed by atoms with E-state index in [-0.39, 0.29) is 12.2 Å². The molecular formula is C10H8BrNO. The molecule has 13 heavy (non-hydrogen) atoms. The molecule has 0 amide bonds. The third-order valence-electron chi connectivity index (χ3n) is 1.45. The Labute approximate surface area is 85.5 Å². The van der Waals surface area contributed by atoms with Crippen LogP contribution in [0.15, 0.2) is 22.9 Å². The second-order valence-corrected chi connectivity index (χ2v) is 3.33. The summed E-state index contributed by atoms with van der Waals surface area (Å²) in [5.74, 6) is 5.41. The molecule has 1 heterocycles. The molecule has 3 heteroatoms. The van der Waals surface area contributed by atoms with Crippen molar-refractivity contribution in [2.24, 2.45) is 0 Å². The van der Waals surface area contributed by atoms with Crippen LogP contribution in [-0.4, -0.2) is 10.8 Å². The van der Waals surface area contributed by atoms with Crippen LogP contribution < -0.4 is 0 Å². The molecule has 0 atom stereocenters. The number of ketones is 1. The fourth-order valence-electron chi connectivity index (χ4n) is 0.835. The van der Waals surface area contributed by atoms with Crippen LogP contribution in [0.4, 0.5) is 0 Å². The summed E-state index contributed by atoms with van der Waals surface area (Å²) in [6, 6.07) is 1.74. The van der Waals surface area contributed by atoms with Crippen molar-refractivity contribution in [2.45, 2.75) is 13.3 Å². The van der Waals surface area contributed by atoms with Crippen LogP contribution in [-0.2, 0) is 0 Å². The Hall–Kier alpha value is -1.14. The van der Waals surface area contributed by atoms with Gasteiger partial charge in [0.25, 0.3) is 0 Å². The van der Waals surface area contributed by atoms with Gasteiger partial charge in [0.1, 0.15) is 0 Å². The Bertz CT molecular complexity index is 376. The lowest BCUT2D eigenvalue weighted by molar-refractivity contribution is 0.0997. The third kappa shape index (κ3) is 3.00. The second-order valence-electron chi connectivity index (χ2n) is 2.42. The van der Waals surface area contributed by atoms with Crippen LogP contribution in [0.1, 0.15) is 23.7 Å². The Morgan fingerprint density at radius 2 is 2.38 bits per heavy atom. The van der Waals surface area contributed by atoms with Gasteiger partial charge < -0.3 is 0 Å². The van der Waals surface area contributed by atoms with Gasteiger partial charge in [-0.3, -0.25) is 9.78 Å². The van der Waals surface area contributed by atoms with Crippen molar-refractivity contribution >= 4 is 21.7 Å². The van der Waals surface area contributed by atoms with Gasteiger partial charge in [-0.15, -0.1) is 5.92 Å². The molecule has 2 nitrogen and oxygen atoms in total. The summed E-state index contributed by atoms with van der Waals surface area (Å²) in [5.41, 5.74) is 0.595. The summed E-state index contributed by atoms with van der Waals surface area (Å²) in [4.78, 5) is 15.3. The zero-order valence-electron chi connectivity index (χ0n) is 7.17. The summed E-state index contributed by atoms with van der Waals surface area (Å²) in [5, 5.41) is 0. The van der Waals surface area contributed by atoms with Crippen LogP contribution in [0.5, 0.6) is 0 Å². The first-order chi connectivity index (χ1) is 6.24. The van der Waals surface area contributed by atoms with E-state index in [2.05, 4.69) is 32.8 Å². The first kappa shape index (κ1) is 9.94. The average molecular weight is 238 g/mol. The zero-order chi connectivity index (χ0) is 9.68. The maximum absolute atomic E-state index is 11.4. The molecule has 1 aromatic rings. The highest BCUT2D eigenvalue weighted by Gasteiger charge is 2.03. The van der Waals surface area contributed by atoms with Crippen LogP contribution in [0.25, 0.3) is 0 Å². The molecule has 0 unspecified atom stereocenters. The quantitative estimate of drug-likeness (QED) is 0.585. The molecule has 0 spiro atoms. The first-order valence-electron chi connectivity index (χ1n) is 3.77. The summed E-state index contributed by atoms with van der Waals surface area (Å²) in [6.07, 6.45) is 3.45. The van der Waals surface area contributed by atoms with Crippen molar-refractivity contribution in [1.29, 1.82) is 0 Å². The Kier molecular flexibility index (Phi) is 3.66. The highest BCUT2D eigenvalue weighted by molar-refractivity contribution is 9.10. The van der Waals surface area contributed by atoms with Crippen molar-refractivity contribution in [2.75, 3.05) is 0 Å². The lowest BCUT2D eigenvalue weighted by Gasteiger charge is -1.95. The molecule has 0 aliphatic heterocycles. The van der Waals surface area contributed by atoms with Crippen molar-refractivity contribution in [1.82, 2.24) is 4.98 Å². The molecule has 0 saturated carbocycles. The summed E-state index contributed by atoms with van der Waals surface area (Å²) in [6.45, 7) is 1.71. The molecule has 0 saturated heterocycles. The Balaban J connectivity index is 2.81. The van der Waals surface area contributed by atoms with Crippen molar-refractivity contribution in [3.63, 3.8) is 0 Å². The summed E-state index contributed by atoms with van der Waals surface area (Å²) in [7, 11) is 0. The van der Waals surface area contributed by atoms with E-state index in [0.29, 0.717) is 5.56 Å². The van der Waals surface area contributed by atoms with Gasteiger partial charge in [-0.1, -0.05) is 5.92 Å². The standard InChI is InChI=1S/C10H8BrNO/c1-2-3-4-10(13)8-5-9(11)7-12-6-8/h5-7H,4H2,1H3. The molecule has 1 aromatic heterocycles.